The Bertz CT molecular complexity index is 987. The molecule has 5 rings (SSSR count). The van der Waals surface area contributed by atoms with E-state index in [1.165, 1.54) is 0 Å². The molecule has 0 aromatic carbocycles. The molecular weight excluding hydrogens is 298 g/mol. The average Bonchev–Trinajstić information content (AvgIpc) is 3.32. The van der Waals surface area contributed by atoms with Crippen LogP contribution >= 0.6 is 0 Å². The minimum atomic E-state index is 0.776. The first kappa shape index (κ1) is 13.1. The standard InChI is InChI=1S/C20H13N3O/c1-2-14-10-16-4-6-18(23-16)12-20-8-7-19(24-20)11-17-5-3-15(22-17)9-13(1)21-14/h1-12,21H. The van der Waals surface area contributed by atoms with Gasteiger partial charge in [-0.3, -0.25) is 0 Å². The minimum absolute atomic E-state index is 0.776. The van der Waals surface area contributed by atoms with E-state index >= 15 is 0 Å². The highest BCUT2D eigenvalue weighted by atomic mass is 16.3. The summed E-state index contributed by atoms with van der Waals surface area (Å²) in [7, 11) is 0. The second-order valence-corrected chi connectivity index (χ2v) is 5.78. The van der Waals surface area contributed by atoms with Crippen LogP contribution in [0.1, 0.15) is 22.8 Å². The van der Waals surface area contributed by atoms with Crippen molar-refractivity contribution in [2.45, 2.75) is 0 Å². The maximum atomic E-state index is 5.83. The lowest BCUT2D eigenvalue weighted by Gasteiger charge is -1.85. The number of hydrogen-bond donors (Lipinski definition) is 1. The Balaban J connectivity index is 1.85. The Labute approximate surface area is 137 Å². The Morgan fingerprint density at radius 2 is 1.04 bits per heavy atom. The van der Waals surface area contributed by atoms with Gasteiger partial charge in [-0.2, -0.15) is 0 Å². The van der Waals surface area contributed by atoms with Gasteiger partial charge in [0.1, 0.15) is 11.2 Å². The number of aromatic nitrogens is 3. The van der Waals surface area contributed by atoms with Crippen LogP contribution in [0.5, 0.6) is 0 Å². The number of nitrogens with zero attached hydrogens (tertiary/aromatic N) is 2. The third kappa shape index (κ3) is 2.44. The summed E-state index contributed by atoms with van der Waals surface area (Å²) < 4.78 is 5.83. The first-order chi connectivity index (χ1) is 11.8. The highest BCUT2D eigenvalue weighted by Gasteiger charge is 2.01. The zero-order chi connectivity index (χ0) is 15.9. The monoisotopic (exact) mass is 311 g/mol. The molecule has 3 aromatic heterocycles. The van der Waals surface area contributed by atoms with Gasteiger partial charge in [0.2, 0.25) is 0 Å². The van der Waals surface area contributed by atoms with Crippen molar-refractivity contribution in [3.8, 4) is 0 Å². The zero-order valence-electron chi connectivity index (χ0n) is 12.7. The number of rotatable bonds is 0. The summed E-state index contributed by atoms with van der Waals surface area (Å²) >= 11 is 0. The number of fused-ring (bicyclic) bond motifs is 8. The second kappa shape index (κ2) is 5.06. The highest BCUT2D eigenvalue weighted by molar-refractivity contribution is 5.76. The Kier molecular flexibility index (Phi) is 2.76. The van der Waals surface area contributed by atoms with Crippen molar-refractivity contribution < 1.29 is 4.42 Å². The van der Waals surface area contributed by atoms with Gasteiger partial charge in [0.05, 0.1) is 22.8 Å². The summed E-state index contributed by atoms with van der Waals surface area (Å²) in [5.74, 6) is 0. The number of H-pyrrole nitrogens is 1. The molecule has 0 amide bonds. The molecule has 0 spiro atoms. The SMILES string of the molecule is C1=Cc2cc3ccc(cc4nc(cc5ccc(cc1n2)[nH]5)C=C4)o3. The lowest BCUT2D eigenvalue weighted by Crippen LogP contribution is -1.74. The summed E-state index contributed by atoms with van der Waals surface area (Å²) in [6.45, 7) is 0. The Hall–Kier alpha value is -3.40. The number of aromatic amines is 1. The van der Waals surface area contributed by atoms with Gasteiger partial charge < -0.3 is 9.40 Å². The van der Waals surface area contributed by atoms with Crippen LogP contribution in [0.25, 0.3) is 46.5 Å². The maximum Gasteiger partial charge on any atom is 0.129 e. The molecule has 5 heterocycles. The number of furan rings is 1. The smallest absolute Gasteiger partial charge is 0.129 e. The van der Waals surface area contributed by atoms with Gasteiger partial charge in [0.15, 0.2) is 0 Å². The van der Waals surface area contributed by atoms with Gasteiger partial charge in [0.25, 0.3) is 0 Å². The molecule has 8 bridgehead atoms. The molecule has 0 aliphatic carbocycles. The normalized spacial score (nSPS) is 12.7. The molecule has 2 aliphatic heterocycles. The first-order valence-electron chi connectivity index (χ1n) is 7.75. The largest absolute Gasteiger partial charge is 0.457 e. The van der Waals surface area contributed by atoms with Crippen molar-refractivity contribution in [3.63, 3.8) is 0 Å². The van der Waals surface area contributed by atoms with Crippen molar-refractivity contribution in [1.82, 2.24) is 15.0 Å². The summed E-state index contributed by atoms with van der Waals surface area (Å²) in [5, 5.41) is 0. The summed E-state index contributed by atoms with van der Waals surface area (Å²) in [5.41, 5.74) is 7.15. The van der Waals surface area contributed by atoms with E-state index in [2.05, 4.69) is 15.0 Å². The van der Waals surface area contributed by atoms with Crippen LogP contribution in [0, 0.1) is 0 Å². The third-order valence-electron chi connectivity index (χ3n) is 3.93. The molecule has 0 fully saturated rings. The number of nitrogens with one attached hydrogen (secondary N) is 1. The molecule has 1 N–H and O–H groups in total. The molecule has 0 saturated carbocycles. The van der Waals surface area contributed by atoms with Crippen LogP contribution in [0.4, 0.5) is 0 Å². The molecule has 114 valence electrons. The number of hydrogen-bond acceptors (Lipinski definition) is 3. The summed E-state index contributed by atoms with van der Waals surface area (Å²) in [6.07, 6.45) is 7.95. The van der Waals surface area contributed by atoms with E-state index in [0.29, 0.717) is 0 Å². The van der Waals surface area contributed by atoms with E-state index in [0.717, 1.165) is 45.0 Å². The second-order valence-electron chi connectivity index (χ2n) is 5.78. The van der Waals surface area contributed by atoms with E-state index in [9.17, 15) is 0 Å². The van der Waals surface area contributed by atoms with Crippen molar-refractivity contribution in [1.29, 1.82) is 0 Å². The molecule has 0 atom stereocenters. The predicted molar refractivity (Wildman–Crippen MR) is 96.8 cm³/mol. The van der Waals surface area contributed by atoms with E-state index < -0.39 is 0 Å². The fourth-order valence-electron chi connectivity index (χ4n) is 2.84. The van der Waals surface area contributed by atoms with Crippen LogP contribution < -0.4 is 0 Å². The fourth-order valence-corrected chi connectivity index (χ4v) is 2.84. The molecule has 0 radical (unpaired) electrons. The fraction of sp³-hybridized carbons (Fsp3) is 0. The van der Waals surface area contributed by atoms with Crippen LogP contribution in [0.3, 0.4) is 0 Å². The zero-order valence-corrected chi connectivity index (χ0v) is 12.7. The van der Waals surface area contributed by atoms with Gasteiger partial charge in [-0.25, -0.2) is 9.97 Å². The highest BCUT2D eigenvalue weighted by Crippen LogP contribution is 2.18. The van der Waals surface area contributed by atoms with Crippen LogP contribution in [0.2, 0.25) is 0 Å². The van der Waals surface area contributed by atoms with E-state index in [-0.39, 0.29) is 0 Å². The van der Waals surface area contributed by atoms with Gasteiger partial charge in [-0.15, -0.1) is 0 Å². The summed E-state index contributed by atoms with van der Waals surface area (Å²) in [6, 6.07) is 15.9. The first-order valence-corrected chi connectivity index (χ1v) is 7.75. The van der Waals surface area contributed by atoms with E-state index in [4.69, 9.17) is 4.42 Å². The molecule has 2 aliphatic rings. The lowest BCUT2D eigenvalue weighted by molar-refractivity contribution is 0.665. The van der Waals surface area contributed by atoms with E-state index in [1.54, 1.807) is 0 Å². The van der Waals surface area contributed by atoms with Crippen molar-refractivity contribution in [2.75, 3.05) is 0 Å². The van der Waals surface area contributed by atoms with Gasteiger partial charge >= 0.3 is 0 Å². The van der Waals surface area contributed by atoms with Gasteiger partial charge in [0, 0.05) is 23.2 Å². The molecule has 0 unspecified atom stereocenters. The minimum Gasteiger partial charge on any atom is -0.457 e. The third-order valence-corrected chi connectivity index (χ3v) is 3.93. The van der Waals surface area contributed by atoms with Crippen LogP contribution in [-0.4, -0.2) is 15.0 Å². The predicted octanol–water partition coefficient (Wildman–Crippen LogP) is 4.92. The van der Waals surface area contributed by atoms with Crippen LogP contribution in [0.15, 0.2) is 52.9 Å². The Morgan fingerprint density at radius 3 is 1.54 bits per heavy atom. The van der Waals surface area contributed by atoms with Gasteiger partial charge in [-0.1, -0.05) is 0 Å². The van der Waals surface area contributed by atoms with E-state index in [1.807, 2.05) is 72.8 Å². The quantitative estimate of drug-likeness (QED) is 0.441. The van der Waals surface area contributed by atoms with Crippen molar-refractivity contribution >= 4 is 46.5 Å². The molecule has 4 nitrogen and oxygen atoms in total. The molecule has 0 saturated heterocycles. The van der Waals surface area contributed by atoms with Gasteiger partial charge in [-0.05, 0) is 60.7 Å². The average molecular weight is 311 g/mol. The Morgan fingerprint density at radius 1 is 0.583 bits per heavy atom. The van der Waals surface area contributed by atoms with Crippen molar-refractivity contribution in [2.24, 2.45) is 0 Å². The molecule has 3 aromatic rings. The summed E-state index contributed by atoms with van der Waals surface area (Å²) in [4.78, 5) is 12.6. The molecule has 4 heteroatoms. The van der Waals surface area contributed by atoms with Crippen molar-refractivity contribution in [3.05, 3.63) is 71.3 Å². The van der Waals surface area contributed by atoms with Crippen LogP contribution in [-0.2, 0) is 0 Å². The molecule has 24 heavy (non-hydrogen) atoms. The maximum absolute atomic E-state index is 5.83. The topological polar surface area (TPSA) is 54.7 Å². The molecular formula is C20H13N3O. The lowest BCUT2D eigenvalue weighted by atomic mass is 10.3.